The first kappa shape index (κ1) is 13.3. The molecule has 0 radical (unpaired) electrons. The van der Waals surface area contributed by atoms with Crippen LogP contribution in [0.25, 0.3) is 0 Å². The monoisotopic (exact) mass is 258 g/mol. The summed E-state index contributed by atoms with van der Waals surface area (Å²) >= 11 is 0. The Hall–Kier alpha value is -1.10. The molecule has 0 bridgehead atoms. The number of nitrogens with zero attached hydrogens (tertiary/aromatic N) is 1. The van der Waals surface area contributed by atoms with E-state index >= 15 is 0 Å². The molecule has 0 saturated carbocycles. The summed E-state index contributed by atoms with van der Waals surface area (Å²) in [4.78, 5) is 3.81. The summed E-state index contributed by atoms with van der Waals surface area (Å²) in [6.45, 7) is 3.03. The molecule has 100 valence electrons. The van der Waals surface area contributed by atoms with Crippen LogP contribution in [0.4, 0.5) is 13.2 Å². The van der Waals surface area contributed by atoms with Gasteiger partial charge in [-0.05, 0) is 43.4 Å². The standard InChI is InChI=1S/C13H17F3N2/c1-9-2-3-11(18-7-9)6-10-8-17-5-4-12(10)13(14,15)16/h4-5,8-9,11,18H,2-3,6-7H2,1H3. The highest BCUT2D eigenvalue weighted by molar-refractivity contribution is 5.27. The van der Waals surface area contributed by atoms with Crippen molar-refractivity contribution >= 4 is 0 Å². The maximum Gasteiger partial charge on any atom is 0.416 e. The molecule has 1 fully saturated rings. The normalized spacial score (nSPS) is 25.1. The Kier molecular flexibility index (Phi) is 3.90. The van der Waals surface area contributed by atoms with Gasteiger partial charge < -0.3 is 5.32 Å². The first-order valence-corrected chi connectivity index (χ1v) is 6.20. The minimum atomic E-state index is -4.29. The average Bonchev–Trinajstić information content (AvgIpc) is 2.31. The van der Waals surface area contributed by atoms with Crippen LogP contribution in [0.5, 0.6) is 0 Å². The molecule has 1 N–H and O–H groups in total. The highest BCUT2D eigenvalue weighted by Gasteiger charge is 2.33. The average molecular weight is 258 g/mol. The third kappa shape index (κ3) is 3.22. The molecule has 18 heavy (non-hydrogen) atoms. The summed E-state index contributed by atoms with van der Waals surface area (Å²) < 4.78 is 38.4. The van der Waals surface area contributed by atoms with Crippen LogP contribution in [0, 0.1) is 5.92 Å². The van der Waals surface area contributed by atoms with E-state index in [1.807, 2.05) is 0 Å². The van der Waals surface area contributed by atoms with Crippen molar-refractivity contribution in [2.45, 2.75) is 38.4 Å². The van der Waals surface area contributed by atoms with Crippen molar-refractivity contribution in [2.24, 2.45) is 5.92 Å². The molecule has 2 heterocycles. The van der Waals surface area contributed by atoms with Crippen molar-refractivity contribution in [2.75, 3.05) is 6.54 Å². The number of hydrogen-bond acceptors (Lipinski definition) is 2. The zero-order valence-corrected chi connectivity index (χ0v) is 10.3. The summed E-state index contributed by atoms with van der Waals surface area (Å²) in [5, 5.41) is 3.30. The van der Waals surface area contributed by atoms with Crippen LogP contribution in [-0.2, 0) is 12.6 Å². The third-order valence-electron chi connectivity index (χ3n) is 3.44. The topological polar surface area (TPSA) is 24.9 Å². The number of aromatic nitrogens is 1. The van der Waals surface area contributed by atoms with Crippen molar-refractivity contribution < 1.29 is 13.2 Å². The van der Waals surface area contributed by atoms with Gasteiger partial charge in [0.15, 0.2) is 0 Å². The lowest BCUT2D eigenvalue weighted by Gasteiger charge is -2.28. The number of pyridine rings is 1. The molecule has 1 aliphatic heterocycles. The van der Waals surface area contributed by atoms with E-state index in [0.717, 1.165) is 25.5 Å². The van der Waals surface area contributed by atoms with Crippen molar-refractivity contribution in [1.29, 1.82) is 0 Å². The second-order valence-electron chi connectivity index (χ2n) is 5.02. The lowest BCUT2D eigenvalue weighted by Crippen LogP contribution is -2.39. The Balaban J connectivity index is 2.10. The van der Waals surface area contributed by atoms with Crippen LogP contribution in [0.3, 0.4) is 0 Å². The molecule has 2 nitrogen and oxygen atoms in total. The van der Waals surface area contributed by atoms with E-state index < -0.39 is 11.7 Å². The summed E-state index contributed by atoms with van der Waals surface area (Å²) in [6.07, 6.45) is 0.632. The van der Waals surface area contributed by atoms with Gasteiger partial charge in [-0.25, -0.2) is 0 Å². The van der Waals surface area contributed by atoms with Crippen LogP contribution in [0.15, 0.2) is 18.5 Å². The summed E-state index contributed by atoms with van der Waals surface area (Å²) in [5.41, 5.74) is -0.269. The molecule has 2 rings (SSSR count). The number of piperidine rings is 1. The summed E-state index contributed by atoms with van der Waals surface area (Å²) in [7, 11) is 0. The quantitative estimate of drug-likeness (QED) is 0.882. The Morgan fingerprint density at radius 2 is 2.17 bits per heavy atom. The number of halogens is 3. The Labute approximate surface area is 105 Å². The Morgan fingerprint density at radius 1 is 1.39 bits per heavy atom. The first-order chi connectivity index (χ1) is 8.47. The van der Waals surface area contributed by atoms with E-state index in [1.54, 1.807) is 0 Å². The Bertz CT molecular complexity index is 395. The SMILES string of the molecule is CC1CCC(Cc2cnccc2C(F)(F)F)NC1. The largest absolute Gasteiger partial charge is 0.416 e. The predicted octanol–water partition coefficient (Wildman–Crippen LogP) is 3.03. The van der Waals surface area contributed by atoms with Crippen molar-refractivity contribution in [3.8, 4) is 0 Å². The van der Waals surface area contributed by atoms with Gasteiger partial charge in [-0.15, -0.1) is 0 Å². The molecule has 5 heteroatoms. The summed E-state index contributed by atoms with van der Waals surface area (Å²) in [5.74, 6) is 0.609. The molecule has 1 aromatic heterocycles. The van der Waals surface area contributed by atoms with E-state index in [2.05, 4.69) is 17.2 Å². The van der Waals surface area contributed by atoms with Gasteiger partial charge in [-0.1, -0.05) is 6.92 Å². The van der Waals surface area contributed by atoms with E-state index in [4.69, 9.17) is 0 Å². The van der Waals surface area contributed by atoms with Crippen molar-refractivity contribution in [3.63, 3.8) is 0 Å². The lowest BCUT2D eigenvalue weighted by molar-refractivity contribution is -0.138. The van der Waals surface area contributed by atoms with E-state index in [-0.39, 0.29) is 11.6 Å². The molecular weight excluding hydrogens is 241 g/mol. The maximum absolute atomic E-state index is 12.8. The maximum atomic E-state index is 12.8. The van der Waals surface area contributed by atoms with Gasteiger partial charge in [0.05, 0.1) is 5.56 Å². The Morgan fingerprint density at radius 3 is 2.78 bits per heavy atom. The number of alkyl halides is 3. The number of hydrogen-bond donors (Lipinski definition) is 1. The first-order valence-electron chi connectivity index (χ1n) is 6.20. The molecule has 0 amide bonds. The van der Waals surface area contributed by atoms with Crippen molar-refractivity contribution in [1.82, 2.24) is 10.3 Å². The molecule has 0 aliphatic carbocycles. The molecule has 1 aromatic rings. The molecule has 0 aromatic carbocycles. The predicted molar refractivity (Wildman–Crippen MR) is 63.1 cm³/mol. The van der Waals surface area contributed by atoms with Crippen LogP contribution < -0.4 is 5.32 Å². The molecule has 1 aliphatic rings. The number of rotatable bonds is 2. The van der Waals surface area contributed by atoms with E-state index in [9.17, 15) is 13.2 Å². The van der Waals surface area contributed by atoms with Gasteiger partial charge in [0.25, 0.3) is 0 Å². The van der Waals surface area contributed by atoms with Gasteiger partial charge in [-0.3, -0.25) is 4.98 Å². The van der Waals surface area contributed by atoms with Crippen LogP contribution >= 0.6 is 0 Å². The fraction of sp³-hybridized carbons (Fsp3) is 0.615. The molecule has 0 spiro atoms. The van der Waals surface area contributed by atoms with E-state index in [0.29, 0.717) is 12.3 Å². The highest BCUT2D eigenvalue weighted by Crippen LogP contribution is 2.32. The fourth-order valence-electron chi connectivity index (χ4n) is 2.36. The summed E-state index contributed by atoms with van der Waals surface area (Å²) in [6, 6.07) is 1.19. The fourth-order valence-corrected chi connectivity index (χ4v) is 2.36. The molecular formula is C13H17F3N2. The smallest absolute Gasteiger partial charge is 0.313 e. The minimum absolute atomic E-state index is 0.131. The van der Waals surface area contributed by atoms with Gasteiger partial charge >= 0.3 is 6.18 Å². The highest BCUT2D eigenvalue weighted by atomic mass is 19.4. The van der Waals surface area contributed by atoms with Crippen LogP contribution in [0.1, 0.15) is 30.9 Å². The van der Waals surface area contributed by atoms with Crippen LogP contribution in [0.2, 0.25) is 0 Å². The third-order valence-corrected chi connectivity index (χ3v) is 3.44. The van der Waals surface area contributed by atoms with E-state index in [1.165, 1.54) is 12.4 Å². The second kappa shape index (κ2) is 5.26. The zero-order valence-electron chi connectivity index (χ0n) is 10.3. The minimum Gasteiger partial charge on any atom is -0.313 e. The van der Waals surface area contributed by atoms with Crippen molar-refractivity contribution in [3.05, 3.63) is 29.6 Å². The number of nitrogens with one attached hydrogen (secondary N) is 1. The van der Waals surface area contributed by atoms with Gasteiger partial charge in [0, 0.05) is 18.4 Å². The second-order valence-corrected chi connectivity index (χ2v) is 5.02. The molecule has 1 saturated heterocycles. The lowest BCUT2D eigenvalue weighted by atomic mass is 9.91. The molecule has 2 atom stereocenters. The molecule has 2 unspecified atom stereocenters. The van der Waals surface area contributed by atoms with Gasteiger partial charge in [-0.2, -0.15) is 13.2 Å². The zero-order chi connectivity index (χ0) is 13.2. The van der Waals surface area contributed by atoms with Gasteiger partial charge in [0.1, 0.15) is 0 Å². The van der Waals surface area contributed by atoms with Crippen LogP contribution in [-0.4, -0.2) is 17.6 Å². The van der Waals surface area contributed by atoms with Gasteiger partial charge in [0.2, 0.25) is 0 Å².